The number of anilines is 1. The lowest BCUT2D eigenvalue weighted by molar-refractivity contribution is -0.137. The summed E-state index contributed by atoms with van der Waals surface area (Å²) < 4.78 is 0. The van der Waals surface area contributed by atoms with E-state index in [9.17, 15) is 9.59 Å². The van der Waals surface area contributed by atoms with Crippen LogP contribution in [0.5, 0.6) is 0 Å². The number of aromatic nitrogens is 1. The molecule has 1 aromatic heterocycles. The summed E-state index contributed by atoms with van der Waals surface area (Å²) >= 11 is 0. The maximum atomic E-state index is 13.4. The molecular weight excluding hydrogens is 398 g/mol. The highest BCUT2D eigenvalue weighted by molar-refractivity contribution is 5.92. The van der Waals surface area contributed by atoms with Crippen molar-refractivity contribution in [1.82, 2.24) is 9.88 Å². The summed E-state index contributed by atoms with van der Waals surface area (Å²) in [7, 11) is 1.97. The first kappa shape index (κ1) is 21.7. The topological polar surface area (TPSA) is 62.3 Å². The van der Waals surface area contributed by atoms with Crippen molar-refractivity contribution in [3.63, 3.8) is 0 Å². The van der Waals surface area contributed by atoms with Crippen LogP contribution in [0.15, 0.2) is 29.6 Å². The van der Waals surface area contributed by atoms with Crippen LogP contribution in [-0.2, 0) is 9.59 Å². The van der Waals surface area contributed by atoms with E-state index in [2.05, 4.69) is 31.1 Å². The summed E-state index contributed by atoms with van der Waals surface area (Å²) in [5.41, 5.74) is 3.93. The van der Waals surface area contributed by atoms with Crippen LogP contribution in [0.2, 0.25) is 0 Å². The number of likely N-dealkylation sites (tertiary alicyclic amines) is 1. The van der Waals surface area contributed by atoms with E-state index in [4.69, 9.17) is 0 Å². The van der Waals surface area contributed by atoms with Crippen molar-refractivity contribution in [2.75, 3.05) is 12.4 Å². The molecule has 0 unspecified atom stereocenters. The lowest BCUT2D eigenvalue weighted by Crippen LogP contribution is -2.54. The second-order valence-corrected chi connectivity index (χ2v) is 11.5. The fourth-order valence-electron chi connectivity index (χ4n) is 8.36. The smallest absolute Gasteiger partial charge is 0.229 e. The average Bonchev–Trinajstić information content (AvgIpc) is 3.09. The maximum absolute atomic E-state index is 13.4. The molecule has 1 aromatic rings. The number of nitrogens with zero attached hydrogens (tertiary/aromatic N) is 2. The van der Waals surface area contributed by atoms with Crippen LogP contribution in [0.4, 0.5) is 5.82 Å². The number of rotatable bonds is 2. The van der Waals surface area contributed by atoms with E-state index in [1.54, 1.807) is 6.20 Å². The van der Waals surface area contributed by atoms with Gasteiger partial charge >= 0.3 is 0 Å². The summed E-state index contributed by atoms with van der Waals surface area (Å²) in [5.74, 6) is 2.90. The molecule has 4 aliphatic rings. The van der Waals surface area contributed by atoms with Gasteiger partial charge in [-0.2, -0.15) is 0 Å². The molecule has 6 atom stereocenters. The average molecular weight is 436 g/mol. The summed E-state index contributed by atoms with van der Waals surface area (Å²) in [6.45, 7) is 9.06. The number of piperidine rings is 1. The number of carbonyl (C=O) groups is 2. The van der Waals surface area contributed by atoms with Gasteiger partial charge in [-0.3, -0.25) is 9.59 Å². The SMILES string of the molecule is CC1=C2N(C)C(=O)CC[C@]2(C)[C@H]2CC[C@]3(C)[C@@H](C(=O)Nc4cc(C)ccn4)CC[C@H]3[C@@H]2C1. The molecule has 1 aliphatic heterocycles. The molecule has 1 saturated heterocycles. The Kier molecular flexibility index (Phi) is 5.03. The van der Waals surface area contributed by atoms with Gasteiger partial charge in [-0.1, -0.05) is 19.4 Å². The molecule has 5 rings (SSSR count). The first-order chi connectivity index (χ1) is 15.1. The minimum absolute atomic E-state index is 0.0413. The van der Waals surface area contributed by atoms with E-state index in [1.807, 2.05) is 31.0 Å². The van der Waals surface area contributed by atoms with E-state index in [1.165, 1.54) is 11.3 Å². The zero-order valence-electron chi connectivity index (χ0n) is 20.2. The summed E-state index contributed by atoms with van der Waals surface area (Å²) in [4.78, 5) is 32.1. The minimum Gasteiger partial charge on any atom is -0.319 e. The van der Waals surface area contributed by atoms with Gasteiger partial charge in [0.15, 0.2) is 0 Å². The predicted molar refractivity (Wildman–Crippen MR) is 126 cm³/mol. The monoisotopic (exact) mass is 435 g/mol. The molecular formula is C27H37N3O2. The third-order valence-electron chi connectivity index (χ3n) is 9.79. The third kappa shape index (κ3) is 3.07. The highest BCUT2D eigenvalue weighted by Gasteiger charge is 2.61. The quantitative estimate of drug-likeness (QED) is 0.683. The van der Waals surface area contributed by atoms with Crippen molar-refractivity contribution in [3.05, 3.63) is 35.2 Å². The fraction of sp³-hybridized carbons (Fsp3) is 0.667. The van der Waals surface area contributed by atoms with Gasteiger partial charge in [0.1, 0.15) is 5.82 Å². The Balaban J connectivity index is 1.42. The van der Waals surface area contributed by atoms with Crippen molar-refractivity contribution in [2.24, 2.45) is 34.5 Å². The zero-order valence-corrected chi connectivity index (χ0v) is 20.2. The van der Waals surface area contributed by atoms with Gasteiger partial charge in [-0.15, -0.1) is 0 Å². The van der Waals surface area contributed by atoms with Gasteiger partial charge in [0, 0.05) is 36.7 Å². The minimum atomic E-state index is 0.0413. The first-order valence-corrected chi connectivity index (χ1v) is 12.4. The molecule has 32 heavy (non-hydrogen) atoms. The zero-order chi connectivity index (χ0) is 22.8. The van der Waals surface area contributed by atoms with E-state index >= 15 is 0 Å². The number of hydrogen-bond acceptors (Lipinski definition) is 3. The summed E-state index contributed by atoms with van der Waals surface area (Å²) in [6, 6.07) is 3.90. The molecule has 5 nitrogen and oxygen atoms in total. The largest absolute Gasteiger partial charge is 0.319 e. The van der Waals surface area contributed by atoms with Gasteiger partial charge in [0.2, 0.25) is 11.8 Å². The molecule has 5 heteroatoms. The molecule has 0 radical (unpaired) electrons. The highest BCUT2D eigenvalue weighted by atomic mass is 16.2. The van der Waals surface area contributed by atoms with Crippen molar-refractivity contribution >= 4 is 17.6 Å². The molecule has 3 aliphatic carbocycles. The Hall–Kier alpha value is -2.17. The molecule has 0 spiro atoms. The Morgan fingerprint density at radius 3 is 2.69 bits per heavy atom. The highest BCUT2D eigenvalue weighted by Crippen LogP contribution is 2.66. The lowest BCUT2D eigenvalue weighted by Gasteiger charge is -2.59. The number of carbonyl (C=O) groups excluding carboxylic acids is 2. The van der Waals surface area contributed by atoms with Crippen LogP contribution in [0, 0.1) is 41.4 Å². The lowest BCUT2D eigenvalue weighted by atomic mass is 9.48. The number of hydrogen-bond donors (Lipinski definition) is 1. The summed E-state index contributed by atoms with van der Waals surface area (Å²) in [6.07, 6.45) is 8.80. The van der Waals surface area contributed by atoms with Crippen LogP contribution < -0.4 is 5.32 Å². The van der Waals surface area contributed by atoms with Crippen molar-refractivity contribution < 1.29 is 9.59 Å². The van der Waals surface area contributed by atoms with Gasteiger partial charge < -0.3 is 10.2 Å². The molecule has 0 bridgehead atoms. The molecule has 2 heterocycles. The first-order valence-electron chi connectivity index (χ1n) is 12.4. The third-order valence-corrected chi connectivity index (χ3v) is 9.79. The second kappa shape index (κ2) is 7.43. The number of aryl methyl sites for hydroxylation is 1. The van der Waals surface area contributed by atoms with Crippen LogP contribution in [0.25, 0.3) is 0 Å². The second-order valence-electron chi connectivity index (χ2n) is 11.5. The maximum Gasteiger partial charge on any atom is 0.229 e. The molecule has 2 amide bonds. The molecule has 172 valence electrons. The predicted octanol–water partition coefficient (Wildman–Crippen LogP) is 5.32. The number of pyridine rings is 1. The number of allylic oxidation sites excluding steroid dienone is 2. The number of amides is 2. The molecule has 2 saturated carbocycles. The Bertz CT molecular complexity index is 1000. The molecule has 1 N–H and O–H groups in total. The fourth-order valence-corrected chi connectivity index (χ4v) is 8.36. The Morgan fingerprint density at radius 2 is 1.94 bits per heavy atom. The van der Waals surface area contributed by atoms with Gasteiger partial charge in [-0.25, -0.2) is 4.98 Å². The van der Waals surface area contributed by atoms with Crippen molar-refractivity contribution in [1.29, 1.82) is 0 Å². The van der Waals surface area contributed by atoms with Crippen molar-refractivity contribution in [2.45, 2.75) is 72.6 Å². The van der Waals surface area contributed by atoms with E-state index in [0.717, 1.165) is 44.1 Å². The van der Waals surface area contributed by atoms with Gasteiger partial charge in [0.25, 0.3) is 0 Å². The van der Waals surface area contributed by atoms with E-state index in [0.29, 0.717) is 30.0 Å². The van der Waals surface area contributed by atoms with Crippen LogP contribution in [0.1, 0.15) is 71.3 Å². The van der Waals surface area contributed by atoms with Crippen molar-refractivity contribution in [3.8, 4) is 0 Å². The summed E-state index contributed by atoms with van der Waals surface area (Å²) in [5, 5.41) is 3.12. The van der Waals surface area contributed by atoms with E-state index < -0.39 is 0 Å². The van der Waals surface area contributed by atoms with Crippen LogP contribution >= 0.6 is 0 Å². The van der Waals surface area contributed by atoms with E-state index in [-0.39, 0.29) is 28.6 Å². The Labute approximate surface area is 192 Å². The number of nitrogens with one attached hydrogen (secondary N) is 1. The Morgan fingerprint density at radius 1 is 1.16 bits per heavy atom. The molecule has 0 aromatic carbocycles. The van der Waals surface area contributed by atoms with Gasteiger partial charge in [-0.05, 0) is 93.2 Å². The van der Waals surface area contributed by atoms with Crippen LogP contribution in [-0.4, -0.2) is 28.7 Å². The number of fused-ring (bicyclic) bond motifs is 5. The standard InChI is InChI=1S/C27H37N3O2/c1-16-10-13-28-22(14-16)29-25(32)21-7-6-19-18-15-17(2)24-27(4,12-9-23(31)30(24)5)20(18)8-11-26(19,21)3/h10,13-14,18-21H,6-9,11-12,15H2,1-5H3,(H,28,29,32)/t18-,19-,20-,21+,26-,27+/m0/s1. The normalized spacial score (nSPS) is 38.8. The van der Waals surface area contributed by atoms with Gasteiger partial charge in [0.05, 0.1) is 0 Å². The molecule has 3 fully saturated rings. The van der Waals surface area contributed by atoms with Crippen LogP contribution in [0.3, 0.4) is 0 Å².